The van der Waals surface area contributed by atoms with Gasteiger partial charge in [0.25, 0.3) is 5.95 Å². The summed E-state index contributed by atoms with van der Waals surface area (Å²) in [5.41, 5.74) is 0.666. The van der Waals surface area contributed by atoms with Crippen molar-refractivity contribution < 1.29 is 28.8 Å². The largest absolute Gasteiger partial charge is 0.493 e. The van der Waals surface area contributed by atoms with Gasteiger partial charge in [0, 0.05) is 6.92 Å². The van der Waals surface area contributed by atoms with E-state index in [0.29, 0.717) is 17.1 Å². The van der Waals surface area contributed by atoms with Crippen LogP contribution in [-0.2, 0) is 16.1 Å². The lowest BCUT2D eigenvalue weighted by Gasteiger charge is -2.14. The summed E-state index contributed by atoms with van der Waals surface area (Å²) in [4.78, 5) is 10.8. The Morgan fingerprint density at radius 2 is 1.79 bits per heavy atom. The highest BCUT2D eigenvalue weighted by Gasteiger charge is 2.15. The fourth-order valence-corrected chi connectivity index (χ4v) is 1.42. The van der Waals surface area contributed by atoms with Crippen molar-refractivity contribution in [2.24, 2.45) is 0 Å². The molecule has 0 bridgehead atoms. The molecule has 1 aromatic rings. The number of esters is 1. The van der Waals surface area contributed by atoms with E-state index in [9.17, 15) is 4.79 Å². The van der Waals surface area contributed by atoms with Crippen molar-refractivity contribution in [2.45, 2.75) is 13.5 Å². The summed E-state index contributed by atoms with van der Waals surface area (Å²) in [5.74, 6) is -0.0104. The molecule has 0 aliphatic carbocycles. The molecule has 19 heavy (non-hydrogen) atoms. The molecular formula is C13H16O6. The fraction of sp³-hybridized carbons (Fsp3) is 0.308. The Hall–Kier alpha value is -2.37. The number of benzene rings is 1. The summed E-state index contributed by atoms with van der Waals surface area (Å²) in [6.45, 7) is 4.64. The van der Waals surface area contributed by atoms with Crippen LogP contribution in [0.15, 0.2) is 24.7 Å². The lowest BCUT2D eigenvalue weighted by molar-refractivity contribution is -0.142. The van der Waals surface area contributed by atoms with E-state index in [1.165, 1.54) is 21.1 Å². The van der Waals surface area contributed by atoms with E-state index in [1.54, 1.807) is 12.1 Å². The Labute approximate surface area is 111 Å². The number of aliphatic hydroxyl groups excluding tert-OH is 1. The minimum atomic E-state index is -0.482. The van der Waals surface area contributed by atoms with Crippen molar-refractivity contribution in [1.82, 2.24) is 0 Å². The van der Waals surface area contributed by atoms with Gasteiger partial charge in [-0.25, -0.2) is 0 Å². The molecule has 0 saturated carbocycles. The smallest absolute Gasteiger partial charge is 0.302 e. The number of ether oxygens (including phenoxy) is 4. The molecule has 0 aliphatic heterocycles. The number of rotatable bonds is 6. The number of carbonyl (C=O) groups excluding carboxylic acids is 1. The first kappa shape index (κ1) is 14.7. The Morgan fingerprint density at radius 3 is 2.16 bits per heavy atom. The second-order valence-corrected chi connectivity index (χ2v) is 3.61. The van der Waals surface area contributed by atoms with E-state index in [1.807, 2.05) is 0 Å². The van der Waals surface area contributed by atoms with Gasteiger partial charge < -0.3 is 24.1 Å². The molecule has 0 unspecified atom stereocenters. The van der Waals surface area contributed by atoms with Crippen LogP contribution in [-0.4, -0.2) is 25.3 Å². The number of methoxy groups -OCH3 is 2. The number of aliphatic hydroxyl groups is 1. The predicted molar refractivity (Wildman–Crippen MR) is 67.4 cm³/mol. The summed E-state index contributed by atoms with van der Waals surface area (Å²) in [5, 5.41) is 9.09. The second-order valence-electron chi connectivity index (χ2n) is 3.61. The van der Waals surface area contributed by atoms with Crippen LogP contribution < -0.4 is 14.2 Å². The van der Waals surface area contributed by atoms with E-state index in [2.05, 4.69) is 6.58 Å². The van der Waals surface area contributed by atoms with Crippen LogP contribution in [0.25, 0.3) is 0 Å². The minimum absolute atomic E-state index is 0.0857. The van der Waals surface area contributed by atoms with Gasteiger partial charge in [-0.3, -0.25) is 4.79 Å². The molecule has 0 heterocycles. The lowest BCUT2D eigenvalue weighted by atomic mass is 10.2. The molecule has 0 aromatic heterocycles. The lowest BCUT2D eigenvalue weighted by Crippen LogP contribution is -2.02. The van der Waals surface area contributed by atoms with Crippen molar-refractivity contribution in [3.8, 4) is 17.2 Å². The maximum absolute atomic E-state index is 10.8. The first-order valence-corrected chi connectivity index (χ1v) is 5.42. The van der Waals surface area contributed by atoms with Crippen LogP contribution in [0.1, 0.15) is 12.5 Å². The van der Waals surface area contributed by atoms with E-state index in [-0.39, 0.29) is 18.3 Å². The predicted octanol–water partition coefficient (Wildman–Crippen LogP) is 2.17. The molecule has 0 amide bonds. The third-order valence-corrected chi connectivity index (χ3v) is 2.18. The quantitative estimate of drug-likeness (QED) is 0.629. The highest BCUT2D eigenvalue weighted by atomic mass is 16.6. The van der Waals surface area contributed by atoms with Crippen molar-refractivity contribution in [3.05, 3.63) is 30.2 Å². The summed E-state index contributed by atoms with van der Waals surface area (Å²) < 4.78 is 20.2. The summed E-state index contributed by atoms with van der Waals surface area (Å²) in [6, 6.07) is 3.23. The van der Waals surface area contributed by atoms with Gasteiger partial charge in [0.05, 0.1) is 14.2 Å². The van der Waals surface area contributed by atoms with Gasteiger partial charge in [0.15, 0.2) is 11.5 Å². The van der Waals surface area contributed by atoms with Crippen LogP contribution in [0.3, 0.4) is 0 Å². The SMILES string of the molecule is C=C(O)Oc1c(OC)cc(COC(C)=O)cc1OC. The van der Waals surface area contributed by atoms with Gasteiger partial charge >= 0.3 is 5.97 Å². The Bertz CT molecular complexity index is 455. The minimum Gasteiger partial charge on any atom is -0.493 e. The molecule has 1 aromatic carbocycles. The Balaban J connectivity index is 3.11. The third-order valence-electron chi connectivity index (χ3n) is 2.18. The zero-order chi connectivity index (χ0) is 14.4. The Kier molecular flexibility index (Phi) is 5.05. The van der Waals surface area contributed by atoms with Gasteiger partial charge in [-0.1, -0.05) is 0 Å². The van der Waals surface area contributed by atoms with Gasteiger partial charge in [-0.15, -0.1) is 0 Å². The van der Waals surface area contributed by atoms with E-state index in [4.69, 9.17) is 24.1 Å². The van der Waals surface area contributed by atoms with Crippen molar-refractivity contribution in [1.29, 1.82) is 0 Å². The maximum Gasteiger partial charge on any atom is 0.302 e. The van der Waals surface area contributed by atoms with Crippen LogP contribution in [0.5, 0.6) is 17.2 Å². The standard InChI is InChI=1S/C13H16O6/c1-8(14)18-7-10-5-11(16-3)13(19-9(2)15)12(6-10)17-4/h5-6,15H,2,7H2,1,3-4H3. The molecule has 0 saturated heterocycles. The monoisotopic (exact) mass is 268 g/mol. The van der Waals surface area contributed by atoms with Gasteiger partial charge in [-0.2, -0.15) is 0 Å². The van der Waals surface area contributed by atoms with Gasteiger partial charge in [0.1, 0.15) is 6.61 Å². The molecule has 6 heteroatoms. The molecular weight excluding hydrogens is 252 g/mol. The average molecular weight is 268 g/mol. The van der Waals surface area contributed by atoms with Crippen molar-refractivity contribution >= 4 is 5.97 Å². The molecule has 1 N–H and O–H groups in total. The van der Waals surface area contributed by atoms with Gasteiger partial charge in [0.2, 0.25) is 5.75 Å². The average Bonchev–Trinajstić information content (AvgIpc) is 2.36. The van der Waals surface area contributed by atoms with E-state index >= 15 is 0 Å². The van der Waals surface area contributed by atoms with Crippen molar-refractivity contribution in [2.75, 3.05) is 14.2 Å². The number of hydrogen-bond donors (Lipinski definition) is 1. The van der Waals surface area contributed by atoms with Crippen LogP contribution >= 0.6 is 0 Å². The number of carbonyl (C=O) groups is 1. The normalized spacial score (nSPS) is 9.63. The molecule has 0 radical (unpaired) electrons. The number of hydrogen-bond acceptors (Lipinski definition) is 6. The maximum atomic E-state index is 10.8. The zero-order valence-corrected chi connectivity index (χ0v) is 11.1. The van der Waals surface area contributed by atoms with Crippen LogP contribution in [0.2, 0.25) is 0 Å². The highest BCUT2D eigenvalue weighted by molar-refractivity contribution is 5.66. The molecule has 0 atom stereocenters. The van der Waals surface area contributed by atoms with Crippen LogP contribution in [0.4, 0.5) is 0 Å². The van der Waals surface area contributed by atoms with Crippen LogP contribution in [0, 0.1) is 0 Å². The summed E-state index contributed by atoms with van der Waals surface area (Å²) in [6.07, 6.45) is 0. The molecule has 6 nitrogen and oxygen atoms in total. The summed E-state index contributed by atoms with van der Waals surface area (Å²) in [7, 11) is 2.88. The van der Waals surface area contributed by atoms with E-state index < -0.39 is 5.95 Å². The molecule has 104 valence electrons. The third kappa shape index (κ3) is 4.09. The van der Waals surface area contributed by atoms with E-state index in [0.717, 1.165) is 0 Å². The first-order valence-electron chi connectivity index (χ1n) is 5.42. The second kappa shape index (κ2) is 6.53. The Morgan fingerprint density at radius 1 is 1.26 bits per heavy atom. The fourth-order valence-electron chi connectivity index (χ4n) is 1.42. The summed E-state index contributed by atoms with van der Waals surface area (Å²) >= 11 is 0. The molecule has 0 spiro atoms. The molecule has 0 aliphatic rings. The molecule has 0 fully saturated rings. The first-order chi connectivity index (χ1) is 8.97. The highest BCUT2D eigenvalue weighted by Crippen LogP contribution is 2.39. The zero-order valence-electron chi connectivity index (χ0n) is 11.1. The van der Waals surface area contributed by atoms with Crippen molar-refractivity contribution in [3.63, 3.8) is 0 Å². The topological polar surface area (TPSA) is 74.2 Å². The molecule has 1 rings (SSSR count). The van der Waals surface area contributed by atoms with Gasteiger partial charge in [-0.05, 0) is 24.3 Å².